The van der Waals surface area contributed by atoms with Gasteiger partial charge in [0.2, 0.25) is 0 Å². The van der Waals surface area contributed by atoms with Crippen LogP contribution in [0.2, 0.25) is 0 Å². The molecule has 0 aliphatic rings. The summed E-state index contributed by atoms with van der Waals surface area (Å²) < 4.78 is 37.9. The van der Waals surface area contributed by atoms with Crippen LogP contribution in [0.5, 0.6) is 0 Å². The summed E-state index contributed by atoms with van der Waals surface area (Å²) in [6.45, 7) is -0.518. The zero-order valence-corrected chi connectivity index (χ0v) is 8.30. The fourth-order valence-corrected chi connectivity index (χ4v) is 1.28. The number of hydrogen-bond donors (Lipinski definition) is 2. The molecular formula is C11H10F3NO. The molecule has 86 valence electrons. The molecule has 16 heavy (non-hydrogen) atoms. The molecule has 0 atom stereocenters. The van der Waals surface area contributed by atoms with Gasteiger partial charge in [-0.1, -0.05) is 24.0 Å². The first-order valence-corrected chi connectivity index (χ1v) is 4.49. The van der Waals surface area contributed by atoms with Crippen molar-refractivity contribution in [2.75, 3.05) is 6.61 Å². The van der Waals surface area contributed by atoms with Crippen LogP contribution in [0.1, 0.15) is 16.7 Å². The van der Waals surface area contributed by atoms with Crippen LogP contribution in [-0.4, -0.2) is 11.7 Å². The molecule has 0 fully saturated rings. The molecule has 0 bridgehead atoms. The third-order valence-electron chi connectivity index (χ3n) is 1.97. The van der Waals surface area contributed by atoms with Crippen LogP contribution < -0.4 is 5.73 Å². The Morgan fingerprint density at radius 3 is 2.50 bits per heavy atom. The summed E-state index contributed by atoms with van der Waals surface area (Å²) in [5, 5.41) is 8.50. The lowest BCUT2D eigenvalue weighted by Gasteiger charge is -2.11. The summed E-state index contributed by atoms with van der Waals surface area (Å²) >= 11 is 0. The maximum atomic E-state index is 12.6. The highest BCUT2D eigenvalue weighted by molar-refractivity contribution is 5.48. The first-order chi connectivity index (χ1) is 7.50. The normalized spacial score (nSPS) is 10.8. The lowest BCUT2D eigenvalue weighted by molar-refractivity contribution is -0.137. The highest BCUT2D eigenvalue weighted by atomic mass is 19.4. The molecule has 0 aromatic heterocycles. The minimum Gasteiger partial charge on any atom is -0.384 e. The van der Waals surface area contributed by atoms with Gasteiger partial charge in [-0.25, -0.2) is 0 Å². The van der Waals surface area contributed by atoms with Crippen molar-refractivity contribution in [2.45, 2.75) is 12.7 Å². The first kappa shape index (κ1) is 12.6. The molecule has 0 heterocycles. The Morgan fingerprint density at radius 2 is 2.00 bits per heavy atom. The van der Waals surface area contributed by atoms with Crippen molar-refractivity contribution in [3.05, 3.63) is 34.9 Å². The summed E-state index contributed by atoms with van der Waals surface area (Å²) in [7, 11) is 0. The molecule has 1 aromatic carbocycles. The second kappa shape index (κ2) is 5.01. The van der Waals surface area contributed by atoms with Gasteiger partial charge < -0.3 is 10.8 Å². The maximum Gasteiger partial charge on any atom is 0.417 e. The van der Waals surface area contributed by atoms with Crippen molar-refractivity contribution < 1.29 is 18.3 Å². The smallest absolute Gasteiger partial charge is 0.384 e. The molecule has 0 saturated carbocycles. The van der Waals surface area contributed by atoms with Crippen LogP contribution in [0.25, 0.3) is 0 Å². The predicted molar refractivity (Wildman–Crippen MR) is 53.3 cm³/mol. The van der Waals surface area contributed by atoms with E-state index >= 15 is 0 Å². The van der Waals surface area contributed by atoms with Gasteiger partial charge in [-0.3, -0.25) is 0 Å². The van der Waals surface area contributed by atoms with Crippen LogP contribution >= 0.6 is 0 Å². The molecule has 0 aliphatic heterocycles. The minimum absolute atomic E-state index is 0.0284. The van der Waals surface area contributed by atoms with Crippen molar-refractivity contribution in [3.8, 4) is 11.8 Å². The maximum absolute atomic E-state index is 12.6. The topological polar surface area (TPSA) is 46.2 Å². The van der Waals surface area contributed by atoms with Crippen molar-refractivity contribution in [3.63, 3.8) is 0 Å². The van der Waals surface area contributed by atoms with Crippen LogP contribution in [0.15, 0.2) is 18.2 Å². The highest BCUT2D eigenvalue weighted by Gasteiger charge is 2.33. The summed E-state index contributed by atoms with van der Waals surface area (Å²) in [6.07, 6.45) is -4.47. The third kappa shape index (κ3) is 2.75. The molecule has 2 nitrogen and oxygen atoms in total. The van der Waals surface area contributed by atoms with E-state index in [2.05, 4.69) is 11.8 Å². The van der Waals surface area contributed by atoms with Crippen LogP contribution in [0.4, 0.5) is 13.2 Å². The molecule has 0 amide bonds. The largest absolute Gasteiger partial charge is 0.417 e. The number of nitrogens with two attached hydrogens (primary N) is 1. The van der Waals surface area contributed by atoms with E-state index in [0.29, 0.717) is 5.56 Å². The lowest BCUT2D eigenvalue weighted by atomic mass is 10.0. The van der Waals surface area contributed by atoms with E-state index in [4.69, 9.17) is 10.8 Å². The SMILES string of the molecule is NCc1cccc(C(F)(F)F)c1C#CCO. The summed E-state index contributed by atoms with van der Waals surface area (Å²) in [5.41, 5.74) is 4.67. The summed E-state index contributed by atoms with van der Waals surface area (Å²) in [5.74, 6) is 4.49. The fourth-order valence-electron chi connectivity index (χ4n) is 1.28. The summed E-state index contributed by atoms with van der Waals surface area (Å²) in [6, 6.07) is 3.71. The standard InChI is InChI=1S/C11H10F3NO/c12-11(13,14)10-5-1-3-8(7-15)9(10)4-2-6-16/h1,3,5,16H,6-7,15H2. The molecular weight excluding hydrogens is 219 g/mol. The Bertz CT molecular complexity index is 429. The van der Waals surface area contributed by atoms with Crippen molar-refractivity contribution in [1.29, 1.82) is 0 Å². The molecule has 0 unspecified atom stereocenters. The second-order valence-electron chi connectivity index (χ2n) is 3.00. The van der Waals surface area contributed by atoms with E-state index in [0.717, 1.165) is 6.07 Å². The number of halogens is 3. The van der Waals surface area contributed by atoms with Gasteiger partial charge in [-0.2, -0.15) is 13.2 Å². The zero-order valence-electron chi connectivity index (χ0n) is 8.30. The Hall–Kier alpha value is -1.51. The fraction of sp³-hybridized carbons (Fsp3) is 0.273. The number of alkyl halides is 3. The number of rotatable bonds is 1. The minimum atomic E-state index is -4.47. The molecule has 1 rings (SSSR count). The number of aliphatic hydroxyl groups is 1. The monoisotopic (exact) mass is 229 g/mol. The van der Waals surface area contributed by atoms with Gasteiger partial charge >= 0.3 is 6.18 Å². The summed E-state index contributed by atoms with van der Waals surface area (Å²) in [4.78, 5) is 0. The zero-order chi connectivity index (χ0) is 12.2. The second-order valence-corrected chi connectivity index (χ2v) is 3.00. The predicted octanol–water partition coefficient (Wildman–Crippen LogP) is 1.51. The molecule has 5 heteroatoms. The van der Waals surface area contributed by atoms with E-state index in [1.54, 1.807) is 0 Å². The lowest BCUT2D eigenvalue weighted by Crippen LogP contribution is -2.11. The number of aliphatic hydroxyl groups excluding tert-OH is 1. The Kier molecular flexibility index (Phi) is 3.93. The average Bonchev–Trinajstić information content (AvgIpc) is 2.24. The van der Waals surface area contributed by atoms with Gasteiger partial charge in [0.25, 0.3) is 0 Å². The van der Waals surface area contributed by atoms with Gasteiger partial charge in [0.15, 0.2) is 0 Å². The van der Waals surface area contributed by atoms with Crippen molar-refractivity contribution >= 4 is 0 Å². The highest BCUT2D eigenvalue weighted by Crippen LogP contribution is 2.32. The van der Waals surface area contributed by atoms with Gasteiger partial charge in [0.05, 0.1) is 5.56 Å². The Labute approximate surface area is 90.9 Å². The molecule has 1 aromatic rings. The molecule has 0 radical (unpaired) electrons. The van der Waals surface area contributed by atoms with E-state index in [1.807, 2.05) is 0 Å². The van der Waals surface area contributed by atoms with Crippen LogP contribution in [-0.2, 0) is 12.7 Å². The van der Waals surface area contributed by atoms with Crippen LogP contribution in [0.3, 0.4) is 0 Å². The first-order valence-electron chi connectivity index (χ1n) is 4.49. The van der Waals surface area contributed by atoms with Gasteiger partial charge in [0.1, 0.15) is 6.61 Å². The van der Waals surface area contributed by atoms with E-state index < -0.39 is 18.3 Å². The van der Waals surface area contributed by atoms with E-state index in [1.165, 1.54) is 12.1 Å². The quantitative estimate of drug-likeness (QED) is 0.717. The van der Waals surface area contributed by atoms with Crippen molar-refractivity contribution in [2.24, 2.45) is 5.73 Å². The van der Waals surface area contributed by atoms with Gasteiger partial charge in [-0.15, -0.1) is 0 Å². The van der Waals surface area contributed by atoms with Gasteiger partial charge in [0, 0.05) is 12.1 Å². The van der Waals surface area contributed by atoms with E-state index in [9.17, 15) is 13.2 Å². The number of hydrogen-bond acceptors (Lipinski definition) is 2. The van der Waals surface area contributed by atoms with Gasteiger partial charge in [-0.05, 0) is 11.6 Å². The third-order valence-corrected chi connectivity index (χ3v) is 1.97. The average molecular weight is 229 g/mol. The molecule has 0 saturated heterocycles. The molecule has 0 aliphatic carbocycles. The number of benzene rings is 1. The Morgan fingerprint density at radius 1 is 1.31 bits per heavy atom. The molecule has 0 spiro atoms. The molecule has 3 N–H and O–H groups in total. The van der Waals surface area contributed by atoms with E-state index in [-0.39, 0.29) is 12.1 Å². The Balaban J connectivity index is 3.38. The van der Waals surface area contributed by atoms with Crippen LogP contribution in [0, 0.1) is 11.8 Å². The van der Waals surface area contributed by atoms with Crippen molar-refractivity contribution in [1.82, 2.24) is 0 Å².